The number of carbonyl (C=O) groups is 1. The molecule has 0 aromatic carbocycles. The fourth-order valence-corrected chi connectivity index (χ4v) is 3.49. The van der Waals surface area contributed by atoms with E-state index in [0.717, 1.165) is 53.4 Å². The first kappa shape index (κ1) is 14.5. The number of aromatic amines is 1. The van der Waals surface area contributed by atoms with Gasteiger partial charge in [-0.15, -0.1) is 0 Å². The lowest BCUT2D eigenvalue weighted by Crippen LogP contribution is -2.32. The van der Waals surface area contributed by atoms with E-state index in [4.69, 9.17) is 4.74 Å². The highest BCUT2D eigenvalue weighted by Crippen LogP contribution is 2.32. The number of ether oxygens (including phenoxy) is 1. The number of rotatable bonds is 3. The zero-order chi connectivity index (χ0) is 16.8. The Bertz CT molecular complexity index is 949. The van der Waals surface area contributed by atoms with Gasteiger partial charge in [-0.3, -0.25) is 0 Å². The minimum absolute atomic E-state index is 0.0978. The van der Waals surface area contributed by atoms with E-state index in [-0.39, 0.29) is 12.2 Å². The number of anilines is 1. The van der Waals surface area contributed by atoms with Crippen LogP contribution in [0.25, 0.3) is 21.8 Å². The van der Waals surface area contributed by atoms with Gasteiger partial charge in [0.2, 0.25) is 0 Å². The zero-order valence-electron chi connectivity index (χ0n) is 13.7. The molecule has 1 amide bonds. The molecule has 0 spiro atoms. The lowest BCUT2D eigenvalue weighted by atomic mass is 10.1. The molecule has 2 fully saturated rings. The molecule has 2 N–H and O–H groups in total. The van der Waals surface area contributed by atoms with Crippen molar-refractivity contribution in [2.24, 2.45) is 0 Å². The van der Waals surface area contributed by atoms with E-state index < -0.39 is 0 Å². The Balaban J connectivity index is 1.41. The normalized spacial score (nSPS) is 20.3. The average Bonchev–Trinajstić information content (AvgIpc) is 3.11. The zero-order valence-corrected chi connectivity index (χ0v) is 13.7. The summed E-state index contributed by atoms with van der Waals surface area (Å²) in [4.78, 5) is 26.3. The van der Waals surface area contributed by atoms with E-state index in [9.17, 15) is 4.79 Å². The Hall–Kier alpha value is -2.83. The van der Waals surface area contributed by atoms with Crippen LogP contribution >= 0.6 is 0 Å². The van der Waals surface area contributed by atoms with Gasteiger partial charge < -0.3 is 19.9 Å². The highest BCUT2D eigenvalue weighted by Gasteiger charge is 2.30. The second-order valence-electron chi connectivity index (χ2n) is 6.78. The first-order valence-corrected chi connectivity index (χ1v) is 8.71. The maximum Gasteiger partial charge on any atom is 0.407 e. The number of hydrogen-bond donors (Lipinski definition) is 2. The predicted molar refractivity (Wildman–Crippen MR) is 94.7 cm³/mol. The predicted octanol–water partition coefficient (Wildman–Crippen LogP) is 2.58. The summed E-state index contributed by atoms with van der Waals surface area (Å²) < 4.78 is 5.56. The first-order chi connectivity index (χ1) is 12.3. The number of nitrogens with zero attached hydrogens (tertiary/aromatic N) is 3. The van der Waals surface area contributed by atoms with Crippen molar-refractivity contribution in [1.82, 2.24) is 20.3 Å². The van der Waals surface area contributed by atoms with E-state index in [1.807, 2.05) is 30.7 Å². The summed E-state index contributed by atoms with van der Waals surface area (Å²) in [7, 11) is 0. The summed E-state index contributed by atoms with van der Waals surface area (Å²) in [5.74, 6) is 0.929. The van der Waals surface area contributed by atoms with Gasteiger partial charge in [0.05, 0.1) is 6.54 Å². The van der Waals surface area contributed by atoms with E-state index in [0.29, 0.717) is 12.6 Å². The molecule has 3 aromatic heterocycles. The van der Waals surface area contributed by atoms with Crippen molar-refractivity contribution in [2.45, 2.75) is 31.4 Å². The average molecular weight is 337 g/mol. The van der Waals surface area contributed by atoms with Crippen LogP contribution in [0.5, 0.6) is 0 Å². The van der Waals surface area contributed by atoms with Crippen molar-refractivity contribution < 1.29 is 9.53 Å². The van der Waals surface area contributed by atoms with Crippen LogP contribution in [0.3, 0.4) is 0 Å². The number of hydrogen-bond acceptors (Lipinski definition) is 5. The molecular formula is C18H19N5O2. The lowest BCUT2D eigenvalue weighted by molar-refractivity contribution is 0.108. The number of fused-ring (bicyclic) bond motifs is 3. The molecule has 0 bridgehead atoms. The molecule has 1 unspecified atom stereocenters. The van der Waals surface area contributed by atoms with Gasteiger partial charge >= 0.3 is 6.09 Å². The molecule has 7 nitrogen and oxygen atoms in total. The van der Waals surface area contributed by atoms with E-state index in [1.54, 1.807) is 0 Å². The van der Waals surface area contributed by atoms with Crippen LogP contribution in [-0.2, 0) is 4.74 Å². The number of pyridine rings is 2. The van der Waals surface area contributed by atoms with E-state index in [1.165, 1.54) is 0 Å². The Labute approximate surface area is 144 Å². The van der Waals surface area contributed by atoms with Crippen molar-refractivity contribution >= 4 is 33.7 Å². The largest absolute Gasteiger partial charge is 0.444 e. The third-order valence-corrected chi connectivity index (χ3v) is 4.91. The Kier molecular flexibility index (Phi) is 3.26. The molecule has 7 heteroatoms. The molecule has 1 aliphatic heterocycles. The number of carbonyl (C=O) groups excluding carboxylic acids is 1. The smallest absolute Gasteiger partial charge is 0.407 e. The number of H-pyrrole nitrogens is 1. The Morgan fingerprint density at radius 2 is 2.20 bits per heavy atom. The van der Waals surface area contributed by atoms with Gasteiger partial charge in [0.25, 0.3) is 0 Å². The highest BCUT2D eigenvalue weighted by atomic mass is 16.6. The lowest BCUT2D eigenvalue weighted by Gasteiger charge is -2.19. The third kappa shape index (κ3) is 2.65. The summed E-state index contributed by atoms with van der Waals surface area (Å²) in [5.41, 5.74) is 0.859. The molecule has 2 aliphatic rings. The van der Waals surface area contributed by atoms with Gasteiger partial charge in [-0.1, -0.05) is 0 Å². The Morgan fingerprint density at radius 1 is 1.28 bits per heavy atom. The van der Waals surface area contributed by atoms with Gasteiger partial charge in [-0.2, -0.15) is 0 Å². The number of nitrogens with one attached hydrogen (secondary N) is 2. The second kappa shape index (κ2) is 5.61. The third-order valence-electron chi connectivity index (χ3n) is 4.91. The fourth-order valence-electron chi connectivity index (χ4n) is 3.49. The minimum atomic E-state index is -0.294. The molecule has 1 saturated carbocycles. The van der Waals surface area contributed by atoms with Crippen molar-refractivity contribution in [3.05, 3.63) is 30.7 Å². The number of alkyl carbamates (subject to hydrolysis) is 1. The van der Waals surface area contributed by atoms with Crippen molar-refractivity contribution in [1.29, 1.82) is 0 Å². The number of amides is 1. The summed E-state index contributed by atoms with van der Waals surface area (Å²) in [6.45, 7) is 1.49. The summed E-state index contributed by atoms with van der Waals surface area (Å²) in [5, 5.41) is 6.10. The minimum Gasteiger partial charge on any atom is -0.444 e. The maximum atomic E-state index is 11.9. The first-order valence-electron chi connectivity index (χ1n) is 8.71. The summed E-state index contributed by atoms with van der Waals surface area (Å²) in [6.07, 6.45) is 8.12. The van der Waals surface area contributed by atoms with Crippen LogP contribution in [-0.4, -0.2) is 46.3 Å². The van der Waals surface area contributed by atoms with Crippen LogP contribution in [0.4, 0.5) is 10.6 Å². The van der Waals surface area contributed by atoms with Gasteiger partial charge in [0, 0.05) is 53.8 Å². The van der Waals surface area contributed by atoms with Crippen molar-refractivity contribution in [3.63, 3.8) is 0 Å². The van der Waals surface area contributed by atoms with Crippen LogP contribution in [0.1, 0.15) is 19.3 Å². The molecule has 1 saturated heterocycles. The quantitative estimate of drug-likeness (QED) is 0.767. The second-order valence-corrected chi connectivity index (χ2v) is 6.78. The molecule has 1 atom stereocenters. The van der Waals surface area contributed by atoms with Gasteiger partial charge in [0.1, 0.15) is 17.6 Å². The van der Waals surface area contributed by atoms with Crippen LogP contribution in [0.15, 0.2) is 30.7 Å². The van der Waals surface area contributed by atoms with Crippen LogP contribution < -0.4 is 10.2 Å². The van der Waals surface area contributed by atoms with E-state index in [2.05, 4.69) is 25.2 Å². The maximum absolute atomic E-state index is 11.9. The Morgan fingerprint density at radius 3 is 3.08 bits per heavy atom. The SMILES string of the molecule is O=C(NC1CC1)OC1CCN(c2nccc3cnc4[nH]ccc4c23)C1. The molecular weight excluding hydrogens is 318 g/mol. The summed E-state index contributed by atoms with van der Waals surface area (Å²) in [6, 6.07) is 4.33. The van der Waals surface area contributed by atoms with Crippen LogP contribution in [0, 0.1) is 0 Å². The van der Waals surface area contributed by atoms with Crippen molar-refractivity contribution in [2.75, 3.05) is 18.0 Å². The topological polar surface area (TPSA) is 83.1 Å². The molecule has 4 heterocycles. The molecule has 0 radical (unpaired) electrons. The van der Waals surface area contributed by atoms with E-state index >= 15 is 0 Å². The monoisotopic (exact) mass is 337 g/mol. The summed E-state index contributed by atoms with van der Waals surface area (Å²) >= 11 is 0. The van der Waals surface area contributed by atoms with Gasteiger partial charge in [0.15, 0.2) is 0 Å². The molecule has 5 rings (SSSR count). The molecule has 128 valence electrons. The van der Waals surface area contributed by atoms with Crippen LogP contribution in [0.2, 0.25) is 0 Å². The van der Waals surface area contributed by atoms with Gasteiger partial charge in [-0.25, -0.2) is 14.8 Å². The highest BCUT2D eigenvalue weighted by molar-refractivity contribution is 6.10. The van der Waals surface area contributed by atoms with Crippen molar-refractivity contribution in [3.8, 4) is 0 Å². The standard InChI is InChI=1S/C18H19N5O2/c24-18(22-12-1-2-12)25-13-5-8-23(10-13)17-15-11(3-6-20-17)9-21-16-14(15)4-7-19-16/h3-4,6-7,9,12-13H,1-2,5,8,10H2,(H,19,21)(H,22,24). The molecule has 3 aromatic rings. The van der Waals surface area contributed by atoms with Gasteiger partial charge in [-0.05, 0) is 25.0 Å². The fraction of sp³-hybridized carbons (Fsp3) is 0.389. The number of aromatic nitrogens is 3. The molecule has 25 heavy (non-hydrogen) atoms. The molecule has 1 aliphatic carbocycles.